The van der Waals surface area contributed by atoms with Crippen molar-refractivity contribution < 1.29 is 36.4 Å². The molecule has 0 aromatic rings. The first-order chi connectivity index (χ1) is 12.4. The summed E-state index contributed by atoms with van der Waals surface area (Å²) in [6.07, 6.45) is 6.15. The summed E-state index contributed by atoms with van der Waals surface area (Å²) in [5.41, 5.74) is 2.46. The van der Waals surface area contributed by atoms with Gasteiger partial charge in [0.2, 0.25) is 0 Å². The van der Waals surface area contributed by atoms with Gasteiger partial charge in [0.15, 0.2) is 0 Å². The Kier molecular flexibility index (Phi) is 9.51. The van der Waals surface area contributed by atoms with Gasteiger partial charge >= 0.3 is 0 Å². The molecule has 2 aliphatic rings. The maximum absolute atomic E-state index is 9.59. The van der Waals surface area contributed by atoms with Crippen molar-refractivity contribution >= 4 is 39.3 Å². The van der Waals surface area contributed by atoms with E-state index in [1.165, 1.54) is 21.5 Å². The molecule has 0 spiro atoms. The molecule has 0 saturated carbocycles. The molecule has 0 fully saturated rings. The first kappa shape index (κ1) is 26.8. The molecule has 0 saturated heterocycles. The van der Waals surface area contributed by atoms with Crippen LogP contribution in [-0.2, 0) is 26.2 Å². The van der Waals surface area contributed by atoms with Crippen molar-refractivity contribution in [3.05, 3.63) is 43.8 Å². The van der Waals surface area contributed by atoms with Crippen LogP contribution in [0.15, 0.2) is 43.8 Å². The zero-order chi connectivity index (χ0) is 20.6. The predicted octanol–water partition coefficient (Wildman–Crippen LogP) is 6.14. The number of hydrogen-bond donors (Lipinski definition) is 2. The molecule has 0 unspecified atom stereocenters. The molecule has 2 nitrogen and oxygen atoms in total. The summed E-state index contributed by atoms with van der Waals surface area (Å²) >= 11 is 13.4. The Hall–Kier alpha value is 0.777. The van der Waals surface area contributed by atoms with E-state index in [2.05, 4.69) is 52.2 Å². The minimum Gasteiger partial charge on any atom is -0.397 e. The van der Waals surface area contributed by atoms with Crippen LogP contribution < -0.4 is 0 Å². The molecule has 0 amide bonds. The van der Waals surface area contributed by atoms with Crippen molar-refractivity contribution in [2.45, 2.75) is 65.0 Å². The maximum Gasteiger partial charge on any atom is 0.0848 e. The average Bonchev–Trinajstić information content (AvgIpc) is 3.11. The second kappa shape index (κ2) is 9.93. The van der Waals surface area contributed by atoms with Crippen molar-refractivity contribution in [3.8, 4) is 0 Å². The molecule has 7 heteroatoms. The van der Waals surface area contributed by atoms with Crippen molar-refractivity contribution in [2.24, 2.45) is 5.41 Å². The van der Waals surface area contributed by atoms with Gasteiger partial charge in [0, 0.05) is 67.7 Å². The van der Waals surface area contributed by atoms with E-state index in [0.29, 0.717) is 0 Å². The molecule has 0 aromatic heterocycles. The Balaban J connectivity index is 0.00000392. The van der Waals surface area contributed by atoms with Gasteiger partial charge in [0.1, 0.15) is 0 Å². The summed E-state index contributed by atoms with van der Waals surface area (Å²) in [5.74, 6) is 0. The Bertz CT molecular complexity index is 675. The van der Waals surface area contributed by atoms with Crippen LogP contribution >= 0.6 is 23.2 Å². The second-order valence-corrected chi connectivity index (χ2v) is 20.0. The van der Waals surface area contributed by atoms with Crippen LogP contribution in [0.4, 0.5) is 0 Å². The summed E-state index contributed by atoms with van der Waals surface area (Å²) < 4.78 is 0. The first-order valence-corrected chi connectivity index (χ1v) is 17.0. The fraction of sp³-hybridized carbons (Fsp3) is 0.619. The Labute approximate surface area is 201 Å². The number of aliphatic hydroxyl groups is 2. The van der Waals surface area contributed by atoms with E-state index in [4.69, 9.17) is 23.2 Å². The molecule has 0 heterocycles. The molecular formula is C21H34Cl2O2Si2Zr. The first-order valence-electron chi connectivity index (χ1n) is 9.82. The van der Waals surface area contributed by atoms with E-state index < -0.39 is 16.1 Å². The van der Waals surface area contributed by atoms with E-state index in [1.807, 2.05) is 0 Å². The van der Waals surface area contributed by atoms with Gasteiger partial charge in [-0.1, -0.05) is 75.4 Å². The molecular weight excluding hydrogens is 503 g/mol. The summed E-state index contributed by atoms with van der Waals surface area (Å²) in [5, 5.41) is 23.7. The third-order valence-corrected chi connectivity index (χ3v) is 14.0. The number of aliphatic hydroxyl groups excluding tert-OH is 2. The van der Waals surface area contributed by atoms with Gasteiger partial charge in [-0.3, -0.25) is 0 Å². The third kappa shape index (κ3) is 5.15. The fourth-order valence-corrected chi connectivity index (χ4v) is 12.1. The molecule has 0 radical (unpaired) electrons. The Morgan fingerprint density at radius 2 is 1.14 bits per heavy atom. The number of allylic oxidation sites excluding steroid dienone is 8. The minimum atomic E-state index is -1.83. The zero-order valence-corrected chi connectivity index (χ0v) is 24.0. The molecule has 0 bridgehead atoms. The van der Waals surface area contributed by atoms with Crippen LogP contribution in [0.1, 0.15) is 26.7 Å². The summed E-state index contributed by atoms with van der Waals surface area (Å²) in [7, 11) is -3.67. The van der Waals surface area contributed by atoms with E-state index in [1.54, 1.807) is 0 Å². The van der Waals surface area contributed by atoms with Crippen LogP contribution in [0.25, 0.3) is 0 Å². The predicted molar refractivity (Wildman–Crippen MR) is 124 cm³/mol. The maximum atomic E-state index is 9.59. The van der Waals surface area contributed by atoms with Gasteiger partial charge in [-0.15, -0.1) is 0 Å². The zero-order valence-electron chi connectivity index (χ0n) is 18.0. The quantitative estimate of drug-likeness (QED) is 0.366. The molecule has 2 rings (SSSR count). The van der Waals surface area contributed by atoms with Gasteiger partial charge in [-0.25, -0.2) is 0 Å². The number of hydrogen-bond acceptors (Lipinski definition) is 2. The van der Waals surface area contributed by atoms with Crippen molar-refractivity contribution in [1.29, 1.82) is 0 Å². The normalized spacial score (nSPS) is 18.5. The molecule has 28 heavy (non-hydrogen) atoms. The van der Waals surface area contributed by atoms with Crippen LogP contribution in [0.3, 0.4) is 0 Å². The fourth-order valence-electron chi connectivity index (χ4n) is 4.64. The SMILES string of the molecule is CC(C)(C1=CCC(Cl)=C1[Si](C)(C)CCO)C1=CCC(Cl)=C1[Si](C)(C)CCO.[Zr]. The van der Waals surface area contributed by atoms with Crippen LogP contribution in [-0.4, -0.2) is 39.6 Å². The standard InChI is InChI=1S/C21H34Cl2O2Si2.Zr/c1-21(2,15-7-9-17(22)19(15)26(3,4)13-11-24)16-8-10-18(23)20(16)27(5,6)14-12-25;/h7-8,24-25H,9-14H2,1-6H3;. The average molecular weight is 537 g/mol. The van der Waals surface area contributed by atoms with Crippen LogP contribution in [0, 0.1) is 5.41 Å². The minimum absolute atomic E-state index is 0. The van der Waals surface area contributed by atoms with Crippen LogP contribution in [0.2, 0.25) is 38.3 Å². The number of rotatable bonds is 8. The molecule has 0 atom stereocenters. The summed E-state index contributed by atoms with van der Waals surface area (Å²) in [4.78, 5) is 0. The topological polar surface area (TPSA) is 40.5 Å². The van der Waals surface area contributed by atoms with Crippen molar-refractivity contribution in [2.75, 3.05) is 13.2 Å². The molecule has 2 N–H and O–H groups in total. The van der Waals surface area contributed by atoms with Crippen LogP contribution in [0.5, 0.6) is 0 Å². The van der Waals surface area contributed by atoms with Gasteiger partial charge in [0.05, 0.1) is 16.1 Å². The van der Waals surface area contributed by atoms with Crippen molar-refractivity contribution in [1.82, 2.24) is 0 Å². The van der Waals surface area contributed by atoms with Gasteiger partial charge in [0.25, 0.3) is 0 Å². The van der Waals surface area contributed by atoms with Crippen molar-refractivity contribution in [3.63, 3.8) is 0 Å². The monoisotopic (exact) mass is 534 g/mol. The van der Waals surface area contributed by atoms with E-state index in [9.17, 15) is 10.2 Å². The van der Waals surface area contributed by atoms with Gasteiger partial charge < -0.3 is 10.2 Å². The molecule has 2 aliphatic carbocycles. The molecule has 0 aromatic carbocycles. The smallest absolute Gasteiger partial charge is 0.0848 e. The van der Waals surface area contributed by atoms with E-state index in [-0.39, 0.29) is 44.8 Å². The summed E-state index contributed by atoms with van der Waals surface area (Å²) in [6, 6.07) is 1.64. The van der Waals surface area contributed by atoms with Gasteiger partial charge in [-0.2, -0.15) is 0 Å². The van der Waals surface area contributed by atoms with E-state index in [0.717, 1.165) is 35.0 Å². The largest absolute Gasteiger partial charge is 0.397 e. The van der Waals surface area contributed by atoms with Gasteiger partial charge in [-0.05, 0) is 33.6 Å². The number of halogens is 2. The Morgan fingerprint density at radius 1 is 0.821 bits per heavy atom. The van der Waals surface area contributed by atoms with E-state index >= 15 is 0 Å². The third-order valence-electron chi connectivity index (χ3n) is 6.23. The summed E-state index contributed by atoms with van der Waals surface area (Å²) in [6.45, 7) is 14.2. The molecule has 0 aliphatic heterocycles. The molecule has 156 valence electrons. The second-order valence-electron chi connectivity index (χ2n) is 9.54. The Morgan fingerprint density at radius 3 is 1.43 bits per heavy atom.